The average molecular weight is 1270 g/mol. The van der Waals surface area contributed by atoms with E-state index in [4.69, 9.17) is 47.4 Å². The highest BCUT2D eigenvalue weighted by atomic mass is 16.8. The molecule has 9 rings (SSSR count). The molecule has 13 N–H and O–H groups in total. The highest BCUT2D eigenvalue weighted by molar-refractivity contribution is 5.88. The number of hydrogen-bond acceptors (Lipinski definition) is 25. The van der Waals surface area contributed by atoms with E-state index in [1.807, 2.05) is 27.7 Å². The molecule has 8 fully saturated rings. The molecule has 0 aromatic carbocycles. The number of aliphatic hydroxyl groups excluding tert-OH is 12. The number of ether oxygens (including phenoxy) is 10. The summed E-state index contributed by atoms with van der Waals surface area (Å²) in [5.74, 6) is -3.88. The lowest BCUT2D eigenvalue weighted by Gasteiger charge is -2.72. The number of rotatable bonds is 16. The Morgan fingerprint density at radius 2 is 1.16 bits per heavy atom. The summed E-state index contributed by atoms with van der Waals surface area (Å²) in [6.45, 7) is 20.4. The van der Waals surface area contributed by atoms with Gasteiger partial charge in [-0.25, -0.2) is 14.4 Å². The normalized spacial score (nSPS) is 49.7. The number of carbonyl (C=O) groups is 3. The Bertz CT molecular complexity index is 2660. The van der Waals surface area contributed by atoms with E-state index in [0.29, 0.717) is 38.5 Å². The van der Waals surface area contributed by atoms with Crippen molar-refractivity contribution in [3.05, 3.63) is 34.9 Å². The number of allylic oxidation sites excluding steroid dienone is 4. The van der Waals surface area contributed by atoms with Crippen LogP contribution >= 0.6 is 0 Å². The molecule has 9 aliphatic rings. The van der Waals surface area contributed by atoms with E-state index >= 15 is 0 Å². The molecule has 0 spiro atoms. The van der Waals surface area contributed by atoms with Gasteiger partial charge >= 0.3 is 17.9 Å². The third-order valence-corrected chi connectivity index (χ3v) is 23.3. The summed E-state index contributed by atoms with van der Waals surface area (Å²) in [5.41, 5.74) is -3.49. The molecule has 0 aromatic heterocycles. The van der Waals surface area contributed by atoms with E-state index < -0.39 is 217 Å². The third-order valence-electron chi connectivity index (χ3n) is 23.3. The summed E-state index contributed by atoms with van der Waals surface area (Å²) in [7, 11) is 0. The Kier molecular flexibility index (Phi) is 20.4. The van der Waals surface area contributed by atoms with Gasteiger partial charge in [0.05, 0.1) is 43.5 Å². The lowest BCUT2D eigenvalue weighted by molar-refractivity contribution is -0.386. The molecule has 4 aliphatic heterocycles. The summed E-state index contributed by atoms with van der Waals surface area (Å²) in [4.78, 5) is 40.2. The van der Waals surface area contributed by atoms with Crippen LogP contribution in [0.15, 0.2) is 34.9 Å². The van der Waals surface area contributed by atoms with Crippen molar-refractivity contribution in [1.29, 1.82) is 0 Å². The van der Waals surface area contributed by atoms with Gasteiger partial charge in [0, 0.05) is 11.1 Å². The topological polar surface area (TPSA) is 407 Å². The maximum Gasteiger partial charge on any atom is 0.335 e. The monoisotopic (exact) mass is 1270 g/mol. The molecule has 26 nitrogen and oxygen atoms in total. The number of fused-ring (bicyclic) bond motifs is 7. The Labute approximate surface area is 518 Å². The van der Waals surface area contributed by atoms with Gasteiger partial charge in [-0.05, 0) is 124 Å². The van der Waals surface area contributed by atoms with Crippen LogP contribution in [-0.2, 0) is 61.8 Å². The number of hydrogen-bond donors (Lipinski definition) is 13. The Morgan fingerprint density at radius 3 is 1.73 bits per heavy atom. The summed E-state index contributed by atoms with van der Waals surface area (Å²) in [6, 6.07) is 0. The molecule has 26 heteroatoms. The summed E-state index contributed by atoms with van der Waals surface area (Å²) >= 11 is 0. The maximum atomic E-state index is 14.2. The highest BCUT2D eigenvalue weighted by Crippen LogP contribution is 2.76. The summed E-state index contributed by atoms with van der Waals surface area (Å²) in [6.07, 6.45) is -28.7. The van der Waals surface area contributed by atoms with Crippen LogP contribution in [0.5, 0.6) is 0 Å². The molecule has 0 bridgehead atoms. The van der Waals surface area contributed by atoms with Crippen LogP contribution in [0.25, 0.3) is 0 Å². The second-order valence-electron chi connectivity index (χ2n) is 28.8. The number of carboxylic acid groups (broad SMARTS) is 1. The zero-order valence-electron chi connectivity index (χ0n) is 52.9. The zero-order valence-corrected chi connectivity index (χ0v) is 52.9. The minimum atomic E-state index is -2.13. The number of esters is 2. The van der Waals surface area contributed by atoms with Crippen molar-refractivity contribution in [2.75, 3.05) is 19.8 Å². The first-order valence-electron chi connectivity index (χ1n) is 31.4. The largest absolute Gasteiger partial charge is 0.479 e. The molecule has 30 atom stereocenters. The first kappa shape index (κ1) is 70.2. The maximum absolute atomic E-state index is 14.2. The van der Waals surface area contributed by atoms with Crippen molar-refractivity contribution in [3.63, 3.8) is 0 Å². The van der Waals surface area contributed by atoms with Crippen molar-refractivity contribution in [1.82, 2.24) is 0 Å². The van der Waals surface area contributed by atoms with Gasteiger partial charge < -0.3 is 114 Å². The van der Waals surface area contributed by atoms with Crippen LogP contribution in [0, 0.1) is 50.2 Å². The SMILES string of the molecule is C/C=C(/C)C(=O)O[C@@H]1[C@@H](O)[C@H](C)O[C@@H](O[C@H]2[C@H](OC(=O)/C(C)=C\C)[C@@]3(CO)C(CC2(C)C)C2=CCC4[C@@]5(C)CC[C@H](O[C@@H]6O[C@H](C(=O)O)[C@@H](O)[C@H](O[C@@H]7O[C@@H](CO)[C@H](O)[C@H]7O)[C@H]6O[C@@H]6O[C@H](CO)[C@H](O)[C@H](O)[C@H]6O)C(C)(C)C5CC[C@@]4(C)[C@]2(C)C[C@H]3O)[C@@H]1O. The Balaban J connectivity index is 1.03. The van der Waals surface area contributed by atoms with Crippen LogP contribution < -0.4 is 0 Å². The van der Waals surface area contributed by atoms with E-state index in [2.05, 4.69) is 26.8 Å². The zero-order chi connectivity index (χ0) is 65.7. The molecule has 5 aliphatic carbocycles. The predicted octanol–water partition coefficient (Wildman–Crippen LogP) is 0.144. The van der Waals surface area contributed by atoms with E-state index in [0.717, 1.165) is 5.57 Å². The Morgan fingerprint density at radius 1 is 0.596 bits per heavy atom. The minimum Gasteiger partial charge on any atom is -0.479 e. The number of aliphatic carboxylic acids is 1. The van der Waals surface area contributed by atoms with E-state index in [1.165, 1.54) is 13.0 Å². The third kappa shape index (κ3) is 11.6. The first-order chi connectivity index (χ1) is 41.6. The van der Waals surface area contributed by atoms with E-state index in [-0.39, 0.29) is 29.4 Å². The van der Waals surface area contributed by atoms with Gasteiger partial charge in [-0.3, -0.25) is 0 Å². The fourth-order valence-electron chi connectivity index (χ4n) is 17.6. The fourth-order valence-corrected chi connectivity index (χ4v) is 17.6. The molecule has 0 aromatic rings. The van der Waals surface area contributed by atoms with Gasteiger partial charge in [0.1, 0.15) is 85.5 Å². The molecular formula is C63H98O26. The molecule has 0 amide bonds. The van der Waals surface area contributed by atoms with Gasteiger partial charge in [-0.2, -0.15) is 0 Å². The van der Waals surface area contributed by atoms with Crippen LogP contribution in [0.1, 0.15) is 128 Å². The molecular weight excluding hydrogens is 1170 g/mol. The molecule has 4 heterocycles. The molecule has 4 saturated carbocycles. The van der Waals surface area contributed by atoms with Gasteiger partial charge in [0.25, 0.3) is 0 Å². The smallest absolute Gasteiger partial charge is 0.335 e. The molecule has 89 heavy (non-hydrogen) atoms. The highest BCUT2D eigenvalue weighted by Gasteiger charge is 2.74. The lowest BCUT2D eigenvalue weighted by atomic mass is 9.33. The van der Waals surface area contributed by atoms with Gasteiger partial charge in [-0.15, -0.1) is 0 Å². The number of aliphatic hydroxyl groups is 12. The van der Waals surface area contributed by atoms with Gasteiger partial charge in [-0.1, -0.05) is 72.3 Å². The first-order valence-corrected chi connectivity index (χ1v) is 31.4. The summed E-state index contributed by atoms with van der Waals surface area (Å²) < 4.78 is 61.8. The van der Waals surface area contributed by atoms with Crippen LogP contribution in [-0.4, -0.2) is 245 Å². The van der Waals surface area contributed by atoms with Gasteiger partial charge in [0.15, 0.2) is 37.4 Å². The second-order valence-corrected chi connectivity index (χ2v) is 28.8. The predicted molar refractivity (Wildman–Crippen MR) is 307 cm³/mol. The van der Waals surface area contributed by atoms with Crippen molar-refractivity contribution >= 4 is 17.9 Å². The van der Waals surface area contributed by atoms with Crippen molar-refractivity contribution in [3.8, 4) is 0 Å². The van der Waals surface area contributed by atoms with Crippen molar-refractivity contribution in [2.24, 2.45) is 50.2 Å². The average Bonchev–Trinajstić information content (AvgIpc) is 0.928. The van der Waals surface area contributed by atoms with Crippen molar-refractivity contribution < 1.29 is 128 Å². The van der Waals surface area contributed by atoms with Crippen LogP contribution in [0.4, 0.5) is 0 Å². The van der Waals surface area contributed by atoms with Crippen LogP contribution in [0.2, 0.25) is 0 Å². The van der Waals surface area contributed by atoms with Crippen molar-refractivity contribution in [2.45, 2.75) is 269 Å². The van der Waals surface area contributed by atoms with E-state index in [1.54, 1.807) is 33.8 Å². The molecule has 3 unspecified atom stereocenters. The molecule has 0 radical (unpaired) electrons. The van der Waals surface area contributed by atoms with Crippen LogP contribution in [0.3, 0.4) is 0 Å². The standard InChI is InChI=1S/C63H98O26/c1-13-26(3)52(78)84-45-37(68)28(5)80-56(44(45)75)89-49-50(88-53(79)27(4)14-2)63(25-66)30(21-58(49,6)7)29-15-16-34-60(10)19-18-36(59(8,9)33(60)17-20-61(34,11)62(29,12)22-35(63)67)83-57-48(87-55-42(73)40(71)38(69)31(23-64)81-55)46(43(74)47(86-57)51(76)77)85-54-41(72)39(70)32(24-65)82-54/h13-15,28,30-50,54-57,64-75H,16-25H2,1-12H3,(H,76,77)/b26-13-,27-14-/t28-,30?,31+,32-,33?,34?,35+,36-,37-,38-,39-,40-,41+,42+,43-,44+,45+,46-,47-,48+,49-,50-,54-,55-,56-,57+,60-,61+,62+,63-/m0/s1. The lowest BCUT2D eigenvalue weighted by Crippen LogP contribution is -2.73. The minimum absolute atomic E-state index is 0.0374. The molecule has 4 saturated heterocycles. The Hall–Kier alpha value is -3.17. The second kappa shape index (κ2) is 25.9. The molecule has 506 valence electrons. The number of carboxylic acids is 1. The fraction of sp³-hybridized carbons (Fsp3) is 0.857. The quantitative estimate of drug-likeness (QED) is 0.0423. The van der Waals surface area contributed by atoms with Gasteiger partial charge in [0.2, 0.25) is 0 Å². The number of carbonyl (C=O) groups excluding carboxylic acids is 2. The van der Waals surface area contributed by atoms with E-state index in [9.17, 15) is 80.8 Å². The summed E-state index contributed by atoms with van der Waals surface area (Å²) in [5, 5.41) is 145.